The van der Waals surface area contributed by atoms with Crippen molar-refractivity contribution in [2.24, 2.45) is 5.92 Å². The van der Waals surface area contributed by atoms with Crippen LogP contribution in [0.4, 0.5) is 13.2 Å². The second-order valence-corrected chi connectivity index (χ2v) is 3.14. The van der Waals surface area contributed by atoms with Crippen molar-refractivity contribution < 1.29 is 17.9 Å². The van der Waals surface area contributed by atoms with Crippen molar-refractivity contribution in [2.75, 3.05) is 13.2 Å². The number of unbranched alkanes of at least 4 members (excludes halogenated alkanes) is 1. The van der Waals surface area contributed by atoms with Crippen molar-refractivity contribution in [1.82, 2.24) is 0 Å². The molecule has 0 fully saturated rings. The van der Waals surface area contributed by atoms with Gasteiger partial charge in [-0.25, -0.2) is 0 Å². The van der Waals surface area contributed by atoms with E-state index < -0.39 is 12.1 Å². The van der Waals surface area contributed by atoms with Crippen LogP contribution < -0.4 is 0 Å². The zero-order chi connectivity index (χ0) is 10.3. The molecule has 0 aromatic rings. The topological polar surface area (TPSA) is 9.23 Å². The predicted octanol–water partition coefficient (Wildman–Crippen LogP) is 3.39. The van der Waals surface area contributed by atoms with Crippen molar-refractivity contribution in [3.05, 3.63) is 0 Å². The second kappa shape index (κ2) is 6.24. The lowest BCUT2D eigenvalue weighted by Crippen LogP contribution is -2.19. The molecule has 80 valence electrons. The Balaban J connectivity index is 3.32. The predicted molar refractivity (Wildman–Crippen MR) is 45.6 cm³/mol. The average Bonchev–Trinajstić information content (AvgIpc) is 2.02. The maximum absolute atomic E-state index is 12.0. The molecule has 0 saturated heterocycles. The van der Waals surface area contributed by atoms with E-state index >= 15 is 0 Å². The van der Waals surface area contributed by atoms with Gasteiger partial charge in [0.15, 0.2) is 0 Å². The average molecular weight is 198 g/mol. The molecule has 1 nitrogen and oxygen atoms in total. The molecule has 4 heteroatoms. The third-order valence-electron chi connectivity index (χ3n) is 1.94. The molecular weight excluding hydrogens is 181 g/mol. The zero-order valence-corrected chi connectivity index (χ0v) is 8.16. The van der Waals surface area contributed by atoms with Crippen LogP contribution in [0.25, 0.3) is 0 Å². The van der Waals surface area contributed by atoms with Crippen LogP contribution in [0.15, 0.2) is 0 Å². The largest absolute Gasteiger partial charge is 0.391 e. The molecule has 1 unspecified atom stereocenters. The molecule has 0 N–H and O–H groups in total. The van der Waals surface area contributed by atoms with Crippen molar-refractivity contribution >= 4 is 0 Å². The molecule has 0 rings (SSSR count). The van der Waals surface area contributed by atoms with E-state index in [1.54, 1.807) is 0 Å². The quantitative estimate of drug-likeness (QED) is 0.594. The zero-order valence-electron chi connectivity index (χ0n) is 8.16. The molecule has 0 bridgehead atoms. The maximum Gasteiger partial charge on any atom is 0.391 e. The first-order valence-corrected chi connectivity index (χ1v) is 4.63. The Labute approximate surface area is 77.3 Å². The second-order valence-electron chi connectivity index (χ2n) is 3.14. The highest BCUT2D eigenvalue weighted by molar-refractivity contribution is 4.61. The fourth-order valence-corrected chi connectivity index (χ4v) is 0.963. The maximum atomic E-state index is 12.0. The van der Waals surface area contributed by atoms with Crippen LogP contribution in [0.2, 0.25) is 0 Å². The van der Waals surface area contributed by atoms with Crippen LogP contribution in [-0.4, -0.2) is 19.4 Å². The lowest BCUT2D eigenvalue weighted by molar-refractivity contribution is -0.171. The third-order valence-corrected chi connectivity index (χ3v) is 1.94. The smallest absolute Gasteiger partial charge is 0.382 e. The van der Waals surface area contributed by atoms with E-state index in [1.807, 2.05) is 6.92 Å². The van der Waals surface area contributed by atoms with Gasteiger partial charge >= 0.3 is 6.18 Å². The first-order chi connectivity index (χ1) is 5.98. The van der Waals surface area contributed by atoms with E-state index in [4.69, 9.17) is 4.74 Å². The van der Waals surface area contributed by atoms with Crippen molar-refractivity contribution in [1.29, 1.82) is 0 Å². The minimum absolute atomic E-state index is 0.205. The summed E-state index contributed by atoms with van der Waals surface area (Å²) in [6, 6.07) is 0. The van der Waals surface area contributed by atoms with Gasteiger partial charge in [0.05, 0.1) is 5.92 Å². The molecule has 0 heterocycles. The minimum atomic E-state index is -4.04. The fourth-order valence-electron chi connectivity index (χ4n) is 0.963. The fraction of sp³-hybridized carbons (Fsp3) is 1.00. The van der Waals surface area contributed by atoms with Gasteiger partial charge in [-0.2, -0.15) is 13.2 Å². The van der Waals surface area contributed by atoms with Crippen molar-refractivity contribution in [3.8, 4) is 0 Å². The van der Waals surface area contributed by atoms with E-state index in [0.29, 0.717) is 26.1 Å². The van der Waals surface area contributed by atoms with Gasteiger partial charge in [0.2, 0.25) is 0 Å². The number of hydrogen-bond donors (Lipinski definition) is 0. The van der Waals surface area contributed by atoms with E-state index in [1.165, 1.54) is 6.92 Å². The van der Waals surface area contributed by atoms with Gasteiger partial charge in [-0.1, -0.05) is 13.3 Å². The van der Waals surface area contributed by atoms with Crippen molar-refractivity contribution in [2.45, 2.75) is 39.3 Å². The van der Waals surface area contributed by atoms with Crippen LogP contribution in [0, 0.1) is 5.92 Å². The molecule has 13 heavy (non-hydrogen) atoms. The number of halogens is 3. The van der Waals surface area contributed by atoms with Crippen LogP contribution >= 0.6 is 0 Å². The number of alkyl halides is 3. The first-order valence-electron chi connectivity index (χ1n) is 4.63. The van der Waals surface area contributed by atoms with E-state index in [-0.39, 0.29) is 6.42 Å². The van der Waals surface area contributed by atoms with Crippen LogP contribution in [0.3, 0.4) is 0 Å². The Morgan fingerprint density at radius 1 is 1.23 bits per heavy atom. The van der Waals surface area contributed by atoms with Gasteiger partial charge < -0.3 is 4.74 Å². The molecular formula is C9H17F3O. The van der Waals surface area contributed by atoms with Gasteiger partial charge in [0, 0.05) is 13.2 Å². The Kier molecular flexibility index (Phi) is 6.12. The number of rotatable bonds is 6. The molecule has 0 aromatic carbocycles. The highest BCUT2D eigenvalue weighted by atomic mass is 19.4. The molecule has 0 radical (unpaired) electrons. The van der Waals surface area contributed by atoms with Crippen LogP contribution in [0.1, 0.15) is 33.1 Å². The molecule has 1 atom stereocenters. The van der Waals surface area contributed by atoms with Gasteiger partial charge in [-0.05, 0) is 19.8 Å². The molecule has 0 aliphatic carbocycles. The molecule has 0 spiro atoms. The van der Waals surface area contributed by atoms with E-state index in [9.17, 15) is 13.2 Å². The minimum Gasteiger partial charge on any atom is -0.382 e. The summed E-state index contributed by atoms with van der Waals surface area (Å²) < 4.78 is 41.0. The monoisotopic (exact) mass is 198 g/mol. The van der Waals surface area contributed by atoms with Crippen LogP contribution in [-0.2, 0) is 4.74 Å². The summed E-state index contributed by atoms with van der Waals surface area (Å²) in [4.78, 5) is 0. The summed E-state index contributed by atoms with van der Waals surface area (Å²) in [5, 5.41) is 0. The van der Waals surface area contributed by atoms with Crippen LogP contribution in [0.5, 0.6) is 0 Å². The SMILES string of the molecule is CCOCCCCC(C)C(F)(F)F. The van der Waals surface area contributed by atoms with E-state index in [0.717, 1.165) is 0 Å². The molecule has 0 aliphatic rings. The van der Waals surface area contributed by atoms with Gasteiger partial charge in [-0.3, -0.25) is 0 Å². The summed E-state index contributed by atoms with van der Waals surface area (Å²) in [7, 11) is 0. The number of ether oxygens (including phenoxy) is 1. The highest BCUT2D eigenvalue weighted by Crippen LogP contribution is 2.29. The molecule has 0 aromatic heterocycles. The van der Waals surface area contributed by atoms with Crippen molar-refractivity contribution in [3.63, 3.8) is 0 Å². The Morgan fingerprint density at radius 3 is 2.31 bits per heavy atom. The van der Waals surface area contributed by atoms with Gasteiger partial charge in [0.25, 0.3) is 0 Å². The Hall–Kier alpha value is -0.250. The third kappa shape index (κ3) is 6.87. The summed E-state index contributed by atoms with van der Waals surface area (Å²) in [6.07, 6.45) is -2.53. The molecule has 0 saturated carbocycles. The van der Waals surface area contributed by atoms with Gasteiger partial charge in [0.1, 0.15) is 0 Å². The Bertz CT molecular complexity index is 123. The summed E-state index contributed by atoms with van der Waals surface area (Å²) >= 11 is 0. The number of hydrogen-bond acceptors (Lipinski definition) is 1. The summed E-state index contributed by atoms with van der Waals surface area (Å²) in [5.74, 6) is -1.19. The highest BCUT2D eigenvalue weighted by Gasteiger charge is 2.34. The molecule has 0 amide bonds. The molecule has 0 aliphatic heterocycles. The standard InChI is InChI=1S/C9H17F3O/c1-3-13-7-5-4-6-8(2)9(10,11)12/h8H,3-7H2,1-2H3. The normalized spacial score (nSPS) is 14.5. The summed E-state index contributed by atoms with van der Waals surface area (Å²) in [5.41, 5.74) is 0. The lowest BCUT2D eigenvalue weighted by Gasteiger charge is -2.14. The summed E-state index contributed by atoms with van der Waals surface area (Å²) in [6.45, 7) is 4.30. The first kappa shape index (κ1) is 12.8. The van der Waals surface area contributed by atoms with E-state index in [2.05, 4.69) is 0 Å². The Morgan fingerprint density at radius 2 is 1.85 bits per heavy atom. The lowest BCUT2D eigenvalue weighted by atomic mass is 10.0. The van der Waals surface area contributed by atoms with Gasteiger partial charge in [-0.15, -0.1) is 0 Å².